The predicted octanol–water partition coefficient (Wildman–Crippen LogP) is 1.40. The third kappa shape index (κ3) is 4.04. The topological polar surface area (TPSA) is 122 Å². The number of H-pyrrole nitrogens is 1. The molecular formula is C21H20N4O5. The number of hydrogen-bond acceptors (Lipinski definition) is 5. The molecule has 0 saturated heterocycles. The Bertz CT molecular complexity index is 1120. The normalized spacial score (nSPS) is 13.0. The van der Waals surface area contributed by atoms with Gasteiger partial charge in [0.15, 0.2) is 11.5 Å². The Balaban J connectivity index is 1.43. The molecule has 3 aromatic rings. The fraction of sp³-hybridized carbons (Fsp3) is 0.190. The van der Waals surface area contributed by atoms with Crippen molar-refractivity contribution in [3.63, 3.8) is 0 Å². The maximum atomic E-state index is 12.7. The van der Waals surface area contributed by atoms with E-state index in [1.807, 2.05) is 24.3 Å². The van der Waals surface area contributed by atoms with Gasteiger partial charge in [0.05, 0.1) is 0 Å². The van der Waals surface area contributed by atoms with Crippen molar-refractivity contribution in [2.45, 2.75) is 19.4 Å². The lowest BCUT2D eigenvalue weighted by molar-refractivity contribution is -0.128. The predicted molar refractivity (Wildman–Crippen MR) is 108 cm³/mol. The van der Waals surface area contributed by atoms with Crippen LogP contribution in [0.3, 0.4) is 0 Å². The zero-order valence-corrected chi connectivity index (χ0v) is 16.2. The number of benzene rings is 2. The molecule has 0 radical (unpaired) electrons. The molecule has 0 unspecified atom stereocenters. The molecule has 2 aromatic carbocycles. The van der Waals surface area contributed by atoms with Crippen molar-refractivity contribution in [1.29, 1.82) is 0 Å². The summed E-state index contributed by atoms with van der Waals surface area (Å²) in [4.78, 5) is 39.8. The van der Waals surface area contributed by atoms with Crippen LogP contribution in [0.2, 0.25) is 0 Å². The zero-order chi connectivity index (χ0) is 21.1. The number of amides is 3. The highest BCUT2D eigenvalue weighted by Crippen LogP contribution is 2.32. The van der Waals surface area contributed by atoms with E-state index in [4.69, 9.17) is 9.47 Å². The molecule has 1 aromatic heterocycles. The molecule has 3 amide bonds. The van der Waals surface area contributed by atoms with Crippen molar-refractivity contribution >= 4 is 28.6 Å². The molecular weight excluding hydrogens is 388 g/mol. The number of ether oxygens (including phenoxy) is 2. The maximum Gasteiger partial charge on any atom is 0.269 e. The van der Waals surface area contributed by atoms with Crippen molar-refractivity contribution in [2.24, 2.45) is 0 Å². The molecule has 0 aliphatic carbocycles. The van der Waals surface area contributed by atoms with E-state index in [9.17, 15) is 14.4 Å². The second-order valence-electron chi connectivity index (χ2n) is 6.83. The largest absolute Gasteiger partial charge is 0.454 e. The van der Waals surface area contributed by atoms with Gasteiger partial charge in [0.1, 0.15) is 6.04 Å². The van der Waals surface area contributed by atoms with Gasteiger partial charge in [-0.15, -0.1) is 0 Å². The van der Waals surface area contributed by atoms with Crippen LogP contribution in [0.5, 0.6) is 11.5 Å². The lowest BCUT2D eigenvalue weighted by atomic mass is 10.0. The number of carbonyl (C=O) groups excluding carboxylic acids is 3. The van der Waals surface area contributed by atoms with E-state index in [0.717, 1.165) is 16.5 Å². The fourth-order valence-corrected chi connectivity index (χ4v) is 3.29. The zero-order valence-electron chi connectivity index (χ0n) is 16.2. The summed E-state index contributed by atoms with van der Waals surface area (Å²) in [5, 5.41) is 3.59. The van der Waals surface area contributed by atoms with Gasteiger partial charge in [-0.05, 0) is 29.8 Å². The van der Waals surface area contributed by atoms with E-state index in [-0.39, 0.29) is 19.1 Å². The molecule has 0 fully saturated rings. The highest BCUT2D eigenvalue weighted by atomic mass is 16.7. The second-order valence-corrected chi connectivity index (χ2v) is 6.83. The average Bonchev–Trinajstić information content (AvgIpc) is 3.37. The number of aromatic nitrogens is 1. The Labute approximate surface area is 171 Å². The van der Waals surface area contributed by atoms with Crippen molar-refractivity contribution in [1.82, 2.24) is 21.2 Å². The summed E-state index contributed by atoms with van der Waals surface area (Å²) >= 11 is 0. The van der Waals surface area contributed by atoms with E-state index >= 15 is 0 Å². The molecule has 154 valence electrons. The first-order valence-corrected chi connectivity index (χ1v) is 9.33. The fourth-order valence-electron chi connectivity index (χ4n) is 3.29. The van der Waals surface area contributed by atoms with Crippen molar-refractivity contribution in [3.8, 4) is 11.5 Å². The Hall–Kier alpha value is -4.01. The maximum absolute atomic E-state index is 12.7. The minimum absolute atomic E-state index is 0.101. The number of aromatic amines is 1. The average molecular weight is 408 g/mol. The van der Waals surface area contributed by atoms with Gasteiger partial charge in [0.2, 0.25) is 12.7 Å². The van der Waals surface area contributed by atoms with E-state index in [0.29, 0.717) is 17.1 Å². The molecule has 9 heteroatoms. The molecule has 0 spiro atoms. The summed E-state index contributed by atoms with van der Waals surface area (Å²) in [5.41, 5.74) is 6.86. The molecule has 1 atom stereocenters. The first kappa shape index (κ1) is 19.3. The highest BCUT2D eigenvalue weighted by Gasteiger charge is 2.23. The van der Waals surface area contributed by atoms with Gasteiger partial charge in [0, 0.05) is 36.0 Å². The van der Waals surface area contributed by atoms with Crippen LogP contribution in [0.4, 0.5) is 0 Å². The Morgan fingerprint density at radius 1 is 1.07 bits per heavy atom. The third-order valence-corrected chi connectivity index (χ3v) is 4.73. The monoisotopic (exact) mass is 408 g/mol. The van der Waals surface area contributed by atoms with Crippen molar-refractivity contribution in [2.75, 3.05) is 6.79 Å². The number of fused-ring (bicyclic) bond motifs is 2. The number of rotatable bonds is 5. The number of hydrazine groups is 1. The highest BCUT2D eigenvalue weighted by molar-refractivity contribution is 5.97. The van der Waals surface area contributed by atoms with Crippen LogP contribution in [0, 0.1) is 0 Å². The quantitative estimate of drug-likeness (QED) is 0.476. The van der Waals surface area contributed by atoms with Gasteiger partial charge in [-0.1, -0.05) is 18.2 Å². The van der Waals surface area contributed by atoms with Gasteiger partial charge in [-0.25, -0.2) is 0 Å². The van der Waals surface area contributed by atoms with E-state index in [1.165, 1.54) is 13.0 Å². The standard InChI is InChI=1S/C21H20N4O5/c1-12(26)23-17(8-14-10-22-16-5-3-2-4-15(14)16)21(28)25-24-20(27)13-6-7-18-19(9-13)30-11-29-18/h2-7,9-10,17,22H,8,11H2,1H3,(H,23,26)(H,24,27)(H,25,28)/t17-/m0/s1. The van der Waals surface area contributed by atoms with Crippen LogP contribution in [-0.4, -0.2) is 35.5 Å². The van der Waals surface area contributed by atoms with Gasteiger partial charge >= 0.3 is 0 Å². The molecule has 4 N–H and O–H groups in total. The molecule has 0 saturated carbocycles. The minimum Gasteiger partial charge on any atom is -0.454 e. The first-order chi connectivity index (χ1) is 14.5. The second kappa shape index (κ2) is 8.16. The number of hydrogen-bond donors (Lipinski definition) is 4. The molecule has 2 heterocycles. The van der Waals surface area contributed by atoms with Crippen LogP contribution in [-0.2, 0) is 16.0 Å². The summed E-state index contributed by atoms with van der Waals surface area (Å²) in [6, 6.07) is 11.5. The van der Waals surface area contributed by atoms with Gasteiger partial charge < -0.3 is 19.8 Å². The van der Waals surface area contributed by atoms with Crippen molar-refractivity contribution < 1.29 is 23.9 Å². The van der Waals surface area contributed by atoms with Crippen LogP contribution in [0.25, 0.3) is 10.9 Å². The third-order valence-electron chi connectivity index (χ3n) is 4.73. The molecule has 0 bridgehead atoms. The number of carbonyl (C=O) groups is 3. The Morgan fingerprint density at radius 3 is 2.70 bits per heavy atom. The summed E-state index contributed by atoms with van der Waals surface area (Å²) < 4.78 is 10.5. The van der Waals surface area contributed by atoms with Crippen LogP contribution >= 0.6 is 0 Å². The van der Waals surface area contributed by atoms with Crippen LogP contribution in [0.15, 0.2) is 48.7 Å². The first-order valence-electron chi connectivity index (χ1n) is 9.33. The molecule has 4 rings (SSSR count). The lowest BCUT2D eigenvalue weighted by Crippen LogP contribution is -2.52. The summed E-state index contributed by atoms with van der Waals surface area (Å²) in [6.07, 6.45) is 2.06. The minimum atomic E-state index is -0.862. The summed E-state index contributed by atoms with van der Waals surface area (Å²) in [6.45, 7) is 1.43. The SMILES string of the molecule is CC(=O)N[C@@H](Cc1c[nH]c2ccccc12)C(=O)NNC(=O)c1ccc2c(c1)OCO2. The lowest BCUT2D eigenvalue weighted by Gasteiger charge is -2.18. The summed E-state index contributed by atoms with van der Waals surface area (Å²) in [7, 11) is 0. The van der Waals surface area contributed by atoms with Gasteiger partial charge in [0.25, 0.3) is 11.8 Å². The van der Waals surface area contributed by atoms with Gasteiger partial charge in [-0.2, -0.15) is 0 Å². The molecule has 9 nitrogen and oxygen atoms in total. The smallest absolute Gasteiger partial charge is 0.269 e. The van der Waals surface area contributed by atoms with Gasteiger partial charge in [-0.3, -0.25) is 25.2 Å². The number of nitrogens with one attached hydrogen (secondary N) is 4. The summed E-state index contributed by atoms with van der Waals surface area (Å²) in [5.74, 6) is -0.388. The number of para-hydroxylation sites is 1. The Kier molecular flexibility index (Phi) is 5.25. The van der Waals surface area contributed by atoms with Crippen LogP contribution in [0.1, 0.15) is 22.8 Å². The van der Waals surface area contributed by atoms with Crippen molar-refractivity contribution in [3.05, 3.63) is 59.8 Å². The molecule has 1 aliphatic rings. The molecule has 30 heavy (non-hydrogen) atoms. The Morgan fingerprint density at radius 2 is 1.87 bits per heavy atom. The van der Waals surface area contributed by atoms with E-state index in [1.54, 1.807) is 18.3 Å². The van der Waals surface area contributed by atoms with E-state index < -0.39 is 17.9 Å². The van der Waals surface area contributed by atoms with Crippen LogP contribution < -0.4 is 25.6 Å². The molecule has 1 aliphatic heterocycles. The van der Waals surface area contributed by atoms with E-state index in [2.05, 4.69) is 21.2 Å².